The number of halogens is 3. The lowest BCUT2D eigenvalue weighted by atomic mass is 10.0. The molecule has 1 unspecified atom stereocenters. The topological polar surface area (TPSA) is 73.2 Å². The Bertz CT molecular complexity index is 917. The number of hydrogen-bond acceptors (Lipinski definition) is 5. The summed E-state index contributed by atoms with van der Waals surface area (Å²) in [5.74, 6) is -4.93. The second-order valence-electron chi connectivity index (χ2n) is 5.81. The van der Waals surface area contributed by atoms with Gasteiger partial charge in [0.2, 0.25) is 5.91 Å². The molecule has 144 valence electrons. The van der Waals surface area contributed by atoms with Crippen LogP contribution in [-0.2, 0) is 20.9 Å². The first-order valence-electron chi connectivity index (χ1n) is 8.11. The number of ether oxygens (including phenoxy) is 1. The summed E-state index contributed by atoms with van der Waals surface area (Å²) in [4.78, 5) is 23.9. The molecule has 1 amide bonds. The minimum Gasteiger partial charge on any atom is -0.465 e. The normalized spacial score (nSPS) is 16.5. The van der Waals surface area contributed by atoms with E-state index in [4.69, 9.17) is 4.74 Å². The molecule has 2 heterocycles. The number of benzene rings is 1. The lowest BCUT2D eigenvalue weighted by Gasteiger charge is -2.16. The number of fused-ring (bicyclic) bond motifs is 1. The van der Waals surface area contributed by atoms with Crippen LogP contribution >= 0.6 is 11.8 Å². The molecular weight excluding hydrogens is 383 g/mol. The average molecular weight is 399 g/mol. The summed E-state index contributed by atoms with van der Waals surface area (Å²) in [5.41, 5.74) is 0.758. The van der Waals surface area contributed by atoms with Gasteiger partial charge in [-0.25, -0.2) is 17.9 Å². The molecule has 2 aromatic rings. The summed E-state index contributed by atoms with van der Waals surface area (Å²) in [6, 6.07) is 1.99. The van der Waals surface area contributed by atoms with Gasteiger partial charge in [-0.3, -0.25) is 9.59 Å². The van der Waals surface area contributed by atoms with E-state index < -0.39 is 28.7 Å². The molecule has 0 bridgehead atoms. The first kappa shape index (κ1) is 19.3. The monoisotopic (exact) mass is 399 g/mol. The molecule has 0 fully saturated rings. The van der Waals surface area contributed by atoms with Gasteiger partial charge in [0.1, 0.15) is 12.4 Å². The summed E-state index contributed by atoms with van der Waals surface area (Å²) in [7, 11) is 0. The van der Waals surface area contributed by atoms with E-state index in [0.29, 0.717) is 11.3 Å². The molecule has 0 aliphatic carbocycles. The van der Waals surface area contributed by atoms with E-state index in [1.54, 1.807) is 13.8 Å². The van der Waals surface area contributed by atoms with Crippen molar-refractivity contribution in [3.8, 4) is 0 Å². The van der Waals surface area contributed by atoms with Crippen molar-refractivity contribution in [1.82, 2.24) is 9.78 Å². The van der Waals surface area contributed by atoms with Gasteiger partial charge in [0, 0.05) is 11.1 Å². The van der Waals surface area contributed by atoms with Gasteiger partial charge in [-0.2, -0.15) is 5.10 Å². The largest absolute Gasteiger partial charge is 0.465 e. The van der Waals surface area contributed by atoms with Crippen LogP contribution in [0.25, 0.3) is 0 Å². The van der Waals surface area contributed by atoms with E-state index in [2.05, 4.69) is 10.4 Å². The van der Waals surface area contributed by atoms with Crippen LogP contribution in [0.1, 0.15) is 29.0 Å². The van der Waals surface area contributed by atoms with Gasteiger partial charge in [0.15, 0.2) is 17.5 Å². The Labute approximate surface area is 157 Å². The highest BCUT2D eigenvalue weighted by atomic mass is 32.2. The van der Waals surface area contributed by atoms with Gasteiger partial charge in [-0.1, -0.05) is 6.07 Å². The number of anilines is 1. The number of rotatable bonds is 4. The molecule has 1 N–H and O–H groups in total. The van der Waals surface area contributed by atoms with Crippen LogP contribution in [0.3, 0.4) is 0 Å². The van der Waals surface area contributed by atoms with Crippen molar-refractivity contribution in [3.05, 3.63) is 46.4 Å². The van der Waals surface area contributed by atoms with Crippen LogP contribution in [0, 0.1) is 24.4 Å². The number of aromatic nitrogens is 2. The fourth-order valence-corrected chi connectivity index (χ4v) is 4.08. The summed E-state index contributed by atoms with van der Waals surface area (Å²) in [6.45, 7) is 3.23. The fraction of sp³-hybridized carbons (Fsp3) is 0.353. The van der Waals surface area contributed by atoms with Crippen LogP contribution in [0.2, 0.25) is 0 Å². The zero-order valence-corrected chi connectivity index (χ0v) is 15.3. The van der Waals surface area contributed by atoms with Crippen molar-refractivity contribution in [3.63, 3.8) is 0 Å². The SMILES string of the molecule is CCOC(=O)Cn1nc(C)c2c1NC(=O)CSC2c1ccc(F)c(F)c1F. The number of carbonyl (C=O) groups is 2. The fourth-order valence-electron chi connectivity index (χ4n) is 2.88. The minimum absolute atomic E-state index is 0.0311. The van der Waals surface area contributed by atoms with E-state index in [1.165, 1.54) is 4.68 Å². The number of carbonyl (C=O) groups excluding carboxylic acids is 2. The smallest absolute Gasteiger partial charge is 0.327 e. The Morgan fingerprint density at radius 3 is 2.81 bits per heavy atom. The molecule has 1 aromatic heterocycles. The Kier molecular flexibility index (Phi) is 5.45. The van der Waals surface area contributed by atoms with E-state index in [9.17, 15) is 22.8 Å². The first-order chi connectivity index (χ1) is 12.8. The molecule has 10 heteroatoms. The van der Waals surface area contributed by atoms with Gasteiger partial charge in [-0.15, -0.1) is 11.8 Å². The average Bonchev–Trinajstić information content (AvgIpc) is 2.79. The van der Waals surface area contributed by atoms with Crippen LogP contribution in [0.15, 0.2) is 12.1 Å². The molecule has 1 aromatic carbocycles. The Morgan fingerprint density at radius 1 is 1.37 bits per heavy atom. The molecule has 3 rings (SSSR count). The molecule has 6 nitrogen and oxygen atoms in total. The highest BCUT2D eigenvalue weighted by Crippen LogP contribution is 2.44. The summed E-state index contributed by atoms with van der Waals surface area (Å²) in [6.07, 6.45) is 0. The quantitative estimate of drug-likeness (QED) is 0.632. The predicted molar refractivity (Wildman–Crippen MR) is 92.8 cm³/mol. The van der Waals surface area contributed by atoms with Gasteiger partial charge in [0.05, 0.1) is 23.3 Å². The molecular formula is C17H16F3N3O3S. The van der Waals surface area contributed by atoms with Gasteiger partial charge in [-0.05, 0) is 19.9 Å². The van der Waals surface area contributed by atoms with Crippen molar-refractivity contribution in [2.45, 2.75) is 25.6 Å². The molecule has 1 aliphatic rings. The van der Waals surface area contributed by atoms with Crippen molar-refractivity contribution in [2.75, 3.05) is 17.7 Å². The second kappa shape index (κ2) is 7.63. The van der Waals surface area contributed by atoms with Crippen LogP contribution < -0.4 is 5.32 Å². The highest BCUT2D eigenvalue weighted by Gasteiger charge is 2.33. The maximum Gasteiger partial charge on any atom is 0.327 e. The molecule has 0 saturated carbocycles. The highest BCUT2D eigenvalue weighted by molar-refractivity contribution is 8.00. The van der Waals surface area contributed by atoms with E-state index in [1.807, 2.05) is 0 Å². The number of hydrogen-bond donors (Lipinski definition) is 1. The number of amides is 1. The van der Waals surface area contributed by atoms with Crippen molar-refractivity contribution < 1.29 is 27.5 Å². The number of esters is 1. The third-order valence-corrected chi connectivity index (χ3v) is 5.26. The van der Waals surface area contributed by atoms with Crippen LogP contribution in [0.5, 0.6) is 0 Å². The number of nitrogens with one attached hydrogen (secondary N) is 1. The molecule has 1 aliphatic heterocycles. The maximum absolute atomic E-state index is 14.4. The van der Waals surface area contributed by atoms with Crippen molar-refractivity contribution in [1.29, 1.82) is 0 Å². The minimum atomic E-state index is -1.57. The van der Waals surface area contributed by atoms with E-state index >= 15 is 0 Å². The lowest BCUT2D eigenvalue weighted by molar-refractivity contribution is -0.144. The van der Waals surface area contributed by atoms with Crippen LogP contribution in [-0.4, -0.2) is 34.0 Å². The number of aryl methyl sites for hydroxylation is 1. The molecule has 0 radical (unpaired) electrons. The lowest BCUT2D eigenvalue weighted by Crippen LogP contribution is -2.20. The van der Waals surface area contributed by atoms with Gasteiger partial charge >= 0.3 is 5.97 Å². The first-order valence-corrected chi connectivity index (χ1v) is 9.16. The van der Waals surface area contributed by atoms with Gasteiger partial charge < -0.3 is 10.1 Å². The van der Waals surface area contributed by atoms with Crippen molar-refractivity contribution >= 4 is 29.5 Å². The summed E-state index contributed by atoms with van der Waals surface area (Å²) in [5, 5.41) is 6.08. The zero-order valence-electron chi connectivity index (χ0n) is 14.5. The Hall–Kier alpha value is -2.49. The molecule has 1 atom stereocenters. The Morgan fingerprint density at radius 2 is 2.11 bits per heavy atom. The van der Waals surface area contributed by atoms with Crippen molar-refractivity contribution in [2.24, 2.45) is 0 Å². The number of nitrogens with zero attached hydrogens (tertiary/aromatic N) is 2. The third kappa shape index (κ3) is 3.66. The maximum atomic E-state index is 14.4. The Balaban J connectivity index is 2.10. The molecule has 0 spiro atoms. The molecule has 27 heavy (non-hydrogen) atoms. The van der Waals surface area contributed by atoms with Crippen LogP contribution in [0.4, 0.5) is 19.0 Å². The molecule has 0 saturated heterocycles. The number of thioether (sulfide) groups is 1. The predicted octanol–water partition coefficient (Wildman–Crippen LogP) is 2.95. The summed E-state index contributed by atoms with van der Waals surface area (Å²) >= 11 is 1.06. The van der Waals surface area contributed by atoms with Gasteiger partial charge in [0.25, 0.3) is 0 Å². The summed E-state index contributed by atoms with van der Waals surface area (Å²) < 4.78 is 47.6. The second-order valence-corrected chi connectivity index (χ2v) is 6.91. The zero-order chi connectivity index (χ0) is 19.7. The standard InChI is InChI=1S/C17H16F3N3O3S/c1-3-26-12(25)6-23-17-13(8(2)22-23)16(27-7-11(24)21-17)9-4-5-10(18)15(20)14(9)19/h4-5,16H,3,6-7H2,1-2H3,(H,21,24). The van der Waals surface area contributed by atoms with E-state index in [0.717, 1.165) is 23.9 Å². The third-order valence-electron chi connectivity index (χ3n) is 4.01. The van der Waals surface area contributed by atoms with E-state index in [-0.39, 0.29) is 36.2 Å².